The first-order valence-electron chi connectivity index (χ1n) is 9.81. The lowest BCUT2D eigenvalue weighted by Gasteiger charge is -2.18. The van der Waals surface area contributed by atoms with Crippen LogP contribution in [0.15, 0.2) is 46.9 Å². The van der Waals surface area contributed by atoms with Gasteiger partial charge in [0, 0.05) is 11.3 Å². The van der Waals surface area contributed by atoms with E-state index >= 15 is 0 Å². The van der Waals surface area contributed by atoms with E-state index in [0.29, 0.717) is 22.6 Å². The SMILES string of the molecule is CC(C)(C)c1ccc(-c2nc3cc(NC(=O)c4c(F)c(F)c(F)c(F)c4F)ccc3o2)cc1. The number of carbonyl (C=O) groups is 1. The zero-order valence-electron chi connectivity index (χ0n) is 17.7. The van der Waals surface area contributed by atoms with Crippen molar-refractivity contribution < 1.29 is 31.2 Å². The molecule has 0 saturated carbocycles. The van der Waals surface area contributed by atoms with Crippen LogP contribution in [0.4, 0.5) is 27.6 Å². The van der Waals surface area contributed by atoms with E-state index in [2.05, 4.69) is 31.1 Å². The Morgan fingerprint density at radius 2 is 1.42 bits per heavy atom. The van der Waals surface area contributed by atoms with Gasteiger partial charge in [-0.3, -0.25) is 4.79 Å². The number of hydrogen-bond acceptors (Lipinski definition) is 3. The van der Waals surface area contributed by atoms with Gasteiger partial charge in [0.15, 0.2) is 28.9 Å². The Bertz CT molecular complexity index is 1360. The van der Waals surface area contributed by atoms with Gasteiger partial charge in [0.25, 0.3) is 5.91 Å². The second-order valence-electron chi connectivity index (χ2n) is 8.43. The van der Waals surface area contributed by atoms with Crippen LogP contribution in [0.3, 0.4) is 0 Å². The van der Waals surface area contributed by atoms with Crippen LogP contribution in [0, 0.1) is 29.1 Å². The molecule has 0 spiro atoms. The molecule has 1 amide bonds. The van der Waals surface area contributed by atoms with Gasteiger partial charge in [0.05, 0.1) is 0 Å². The van der Waals surface area contributed by atoms with Crippen LogP contribution in [-0.2, 0) is 5.41 Å². The molecule has 0 fully saturated rings. The van der Waals surface area contributed by atoms with Crippen molar-refractivity contribution in [3.05, 3.63) is 82.7 Å². The highest BCUT2D eigenvalue weighted by Gasteiger charge is 2.29. The molecule has 3 aromatic carbocycles. The summed E-state index contributed by atoms with van der Waals surface area (Å²) in [7, 11) is 0. The number of benzene rings is 3. The van der Waals surface area contributed by atoms with Crippen LogP contribution in [0.2, 0.25) is 0 Å². The third-order valence-corrected chi connectivity index (χ3v) is 5.08. The molecule has 170 valence electrons. The second-order valence-corrected chi connectivity index (χ2v) is 8.43. The topological polar surface area (TPSA) is 55.1 Å². The van der Waals surface area contributed by atoms with Crippen molar-refractivity contribution in [3.8, 4) is 11.5 Å². The molecule has 4 nitrogen and oxygen atoms in total. The number of hydrogen-bond donors (Lipinski definition) is 1. The Labute approximate surface area is 185 Å². The third-order valence-electron chi connectivity index (χ3n) is 5.08. The van der Waals surface area contributed by atoms with Gasteiger partial charge in [-0.2, -0.15) is 0 Å². The first-order chi connectivity index (χ1) is 15.5. The van der Waals surface area contributed by atoms with Gasteiger partial charge >= 0.3 is 0 Å². The molecule has 0 unspecified atom stereocenters. The van der Waals surface area contributed by atoms with Gasteiger partial charge in [-0.1, -0.05) is 32.9 Å². The Kier molecular flexibility index (Phi) is 5.43. The summed E-state index contributed by atoms with van der Waals surface area (Å²) in [5.41, 5.74) is 0.957. The minimum Gasteiger partial charge on any atom is -0.436 e. The van der Waals surface area contributed by atoms with E-state index in [1.54, 1.807) is 0 Å². The minimum atomic E-state index is -2.34. The smallest absolute Gasteiger partial charge is 0.261 e. The van der Waals surface area contributed by atoms with Gasteiger partial charge in [0.2, 0.25) is 11.7 Å². The number of amides is 1. The number of nitrogens with one attached hydrogen (secondary N) is 1. The van der Waals surface area contributed by atoms with Crippen molar-refractivity contribution in [2.24, 2.45) is 0 Å². The highest BCUT2D eigenvalue weighted by molar-refractivity contribution is 6.05. The van der Waals surface area contributed by atoms with Gasteiger partial charge < -0.3 is 9.73 Å². The maximum Gasteiger partial charge on any atom is 0.261 e. The molecule has 9 heteroatoms. The van der Waals surface area contributed by atoms with Crippen LogP contribution in [-0.4, -0.2) is 10.9 Å². The lowest BCUT2D eigenvalue weighted by molar-refractivity contribution is 0.101. The maximum absolute atomic E-state index is 13.9. The van der Waals surface area contributed by atoms with Gasteiger partial charge in [-0.25, -0.2) is 26.9 Å². The maximum atomic E-state index is 13.9. The molecule has 1 heterocycles. The van der Waals surface area contributed by atoms with E-state index in [1.807, 2.05) is 24.3 Å². The fraction of sp³-hybridized carbons (Fsp3) is 0.167. The van der Waals surface area contributed by atoms with Crippen LogP contribution in [0.1, 0.15) is 36.7 Å². The van der Waals surface area contributed by atoms with Crippen molar-refractivity contribution in [1.29, 1.82) is 0 Å². The molecule has 33 heavy (non-hydrogen) atoms. The number of nitrogens with zero attached hydrogens (tertiary/aromatic N) is 1. The van der Waals surface area contributed by atoms with Gasteiger partial charge in [0.1, 0.15) is 11.1 Å². The zero-order chi connectivity index (χ0) is 24.1. The number of carbonyl (C=O) groups excluding carboxylic acids is 1. The quantitative estimate of drug-likeness (QED) is 0.209. The Hall–Kier alpha value is -3.75. The molecular weight excluding hydrogens is 443 g/mol. The monoisotopic (exact) mass is 460 g/mol. The highest BCUT2D eigenvalue weighted by Crippen LogP contribution is 2.30. The van der Waals surface area contributed by atoms with E-state index in [9.17, 15) is 26.7 Å². The molecule has 0 aliphatic rings. The van der Waals surface area contributed by atoms with Crippen LogP contribution in [0.5, 0.6) is 0 Å². The van der Waals surface area contributed by atoms with Crippen molar-refractivity contribution in [3.63, 3.8) is 0 Å². The molecule has 0 radical (unpaired) electrons. The standard InChI is InChI=1S/C24H17F5N2O2/c1-24(2,3)12-6-4-11(5-7-12)23-31-14-10-13(8-9-15(14)33-23)30-22(32)16-17(25)19(27)21(29)20(28)18(16)26/h4-10H,1-3H3,(H,30,32). The minimum absolute atomic E-state index is 0.0255. The van der Waals surface area contributed by atoms with E-state index in [0.717, 1.165) is 5.56 Å². The summed E-state index contributed by atoms with van der Waals surface area (Å²) >= 11 is 0. The molecule has 0 atom stereocenters. The van der Waals surface area contributed by atoms with E-state index in [1.165, 1.54) is 18.2 Å². The molecule has 0 aliphatic heterocycles. The van der Waals surface area contributed by atoms with Crippen LogP contribution in [0.25, 0.3) is 22.6 Å². The molecule has 0 aliphatic carbocycles. The third kappa shape index (κ3) is 4.06. The number of aromatic nitrogens is 1. The predicted molar refractivity (Wildman–Crippen MR) is 112 cm³/mol. The summed E-state index contributed by atoms with van der Waals surface area (Å²) in [6.45, 7) is 6.26. The fourth-order valence-electron chi connectivity index (χ4n) is 3.24. The largest absolute Gasteiger partial charge is 0.436 e. The Morgan fingerprint density at radius 1 is 0.848 bits per heavy atom. The number of rotatable bonds is 3. The Morgan fingerprint density at radius 3 is 2.00 bits per heavy atom. The molecule has 0 saturated heterocycles. The average molecular weight is 460 g/mol. The highest BCUT2D eigenvalue weighted by atomic mass is 19.2. The summed E-state index contributed by atoms with van der Waals surface area (Å²) in [6.07, 6.45) is 0. The first-order valence-corrected chi connectivity index (χ1v) is 9.81. The van der Waals surface area contributed by atoms with E-state index < -0.39 is 40.6 Å². The normalized spacial score (nSPS) is 11.8. The van der Waals surface area contributed by atoms with E-state index in [4.69, 9.17) is 4.42 Å². The van der Waals surface area contributed by atoms with Crippen molar-refractivity contribution in [2.45, 2.75) is 26.2 Å². The van der Waals surface area contributed by atoms with Crippen LogP contribution < -0.4 is 5.32 Å². The summed E-state index contributed by atoms with van der Waals surface area (Å²) in [5, 5.41) is 2.12. The summed E-state index contributed by atoms with van der Waals surface area (Å²) < 4.78 is 73.5. The molecule has 4 rings (SSSR count). The summed E-state index contributed by atoms with van der Waals surface area (Å²) in [5.74, 6) is -12.4. The Balaban J connectivity index is 1.63. The number of halogens is 5. The van der Waals surface area contributed by atoms with Gasteiger partial charge in [-0.05, 0) is 41.3 Å². The summed E-state index contributed by atoms with van der Waals surface area (Å²) in [6, 6.07) is 11.8. The molecule has 1 N–H and O–H groups in total. The summed E-state index contributed by atoms with van der Waals surface area (Å²) in [4.78, 5) is 16.6. The number of oxazole rings is 1. The van der Waals surface area contributed by atoms with Crippen molar-refractivity contribution >= 4 is 22.7 Å². The fourth-order valence-corrected chi connectivity index (χ4v) is 3.24. The lowest BCUT2D eigenvalue weighted by atomic mass is 9.87. The predicted octanol–water partition coefficient (Wildman–Crippen LogP) is 6.74. The van der Waals surface area contributed by atoms with E-state index in [-0.39, 0.29) is 11.1 Å². The molecule has 4 aromatic rings. The molecule has 0 bridgehead atoms. The molecule has 1 aromatic heterocycles. The first kappa shape index (κ1) is 22.4. The van der Waals surface area contributed by atoms with Crippen molar-refractivity contribution in [1.82, 2.24) is 4.98 Å². The number of fused-ring (bicyclic) bond motifs is 1. The lowest BCUT2D eigenvalue weighted by Crippen LogP contribution is -2.19. The van der Waals surface area contributed by atoms with Crippen LogP contribution >= 0.6 is 0 Å². The number of anilines is 1. The second kappa shape index (κ2) is 7.99. The average Bonchev–Trinajstić information content (AvgIpc) is 3.19. The van der Waals surface area contributed by atoms with Crippen molar-refractivity contribution in [2.75, 3.05) is 5.32 Å². The molecular formula is C24H17F5N2O2. The van der Waals surface area contributed by atoms with Gasteiger partial charge in [-0.15, -0.1) is 0 Å². The zero-order valence-corrected chi connectivity index (χ0v) is 17.7.